The molecule has 1 saturated heterocycles. The van der Waals surface area contributed by atoms with Crippen LogP contribution in [-0.4, -0.2) is 49.9 Å². The lowest BCUT2D eigenvalue weighted by atomic mass is 9.73. The van der Waals surface area contributed by atoms with Crippen molar-refractivity contribution in [3.05, 3.63) is 0 Å². The van der Waals surface area contributed by atoms with Crippen molar-refractivity contribution in [2.75, 3.05) is 24.7 Å². The van der Waals surface area contributed by atoms with Crippen LogP contribution in [0.5, 0.6) is 0 Å². The third-order valence-corrected chi connectivity index (χ3v) is 5.87. The zero-order valence-electron chi connectivity index (χ0n) is 13.3. The second kappa shape index (κ2) is 6.52. The van der Waals surface area contributed by atoms with Crippen LogP contribution < -0.4 is 5.32 Å². The van der Waals surface area contributed by atoms with E-state index in [0.717, 1.165) is 0 Å². The average Bonchev–Trinajstić information content (AvgIpc) is 2.70. The van der Waals surface area contributed by atoms with Crippen molar-refractivity contribution in [2.45, 2.75) is 46.1 Å². The van der Waals surface area contributed by atoms with E-state index < -0.39 is 26.9 Å². The summed E-state index contributed by atoms with van der Waals surface area (Å²) in [5.41, 5.74) is -1.20. The second-order valence-corrected chi connectivity index (χ2v) is 9.06. The number of rotatable bonds is 5. The van der Waals surface area contributed by atoms with Gasteiger partial charge in [0, 0.05) is 12.0 Å². The lowest BCUT2D eigenvalue weighted by Crippen LogP contribution is -2.46. The van der Waals surface area contributed by atoms with Crippen molar-refractivity contribution in [1.82, 2.24) is 5.32 Å². The number of sulfone groups is 1. The van der Waals surface area contributed by atoms with Crippen molar-refractivity contribution >= 4 is 15.9 Å². The van der Waals surface area contributed by atoms with Crippen molar-refractivity contribution in [2.24, 2.45) is 11.3 Å². The molecule has 2 N–H and O–H groups in total. The van der Waals surface area contributed by atoms with Crippen molar-refractivity contribution < 1.29 is 23.1 Å². The number of aliphatic hydroxyl groups is 1. The summed E-state index contributed by atoms with van der Waals surface area (Å²) in [5.74, 6) is 0.107. The Morgan fingerprint density at radius 2 is 2.00 bits per heavy atom. The summed E-state index contributed by atoms with van der Waals surface area (Å²) < 4.78 is 28.5. The predicted octanol–water partition coefficient (Wildman–Crippen LogP) is 1.33. The highest BCUT2D eigenvalue weighted by atomic mass is 32.2. The molecule has 1 aliphatic rings. The summed E-state index contributed by atoms with van der Waals surface area (Å²) in [6.45, 7) is 7.28. The van der Waals surface area contributed by atoms with E-state index >= 15 is 0 Å². The van der Waals surface area contributed by atoms with E-state index in [-0.39, 0.29) is 30.6 Å². The van der Waals surface area contributed by atoms with Gasteiger partial charge in [0.15, 0.2) is 9.84 Å². The van der Waals surface area contributed by atoms with Gasteiger partial charge in [0.1, 0.15) is 5.60 Å². The quantitative estimate of drug-likeness (QED) is 0.797. The van der Waals surface area contributed by atoms with Gasteiger partial charge in [0.25, 0.3) is 0 Å². The summed E-state index contributed by atoms with van der Waals surface area (Å²) >= 11 is 0. The van der Waals surface area contributed by atoms with Crippen LogP contribution in [0.25, 0.3) is 0 Å². The molecule has 1 aliphatic heterocycles. The molecule has 1 fully saturated rings. The highest BCUT2D eigenvalue weighted by molar-refractivity contribution is 7.91. The first-order valence-corrected chi connectivity index (χ1v) is 9.14. The molecular weight excluding hydrogens is 294 g/mol. The molecule has 1 heterocycles. The molecule has 0 saturated carbocycles. The molecule has 124 valence electrons. The van der Waals surface area contributed by atoms with Crippen molar-refractivity contribution in [3.8, 4) is 0 Å². The fourth-order valence-electron chi connectivity index (χ4n) is 2.70. The van der Waals surface area contributed by atoms with Crippen LogP contribution in [0, 0.1) is 11.3 Å². The van der Waals surface area contributed by atoms with Gasteiger partial charge in [-0.25, -0.2) is 13.2 Å². The summed E-state index contributed by atoms with van der Waals surface area (Å²) in [6.07, 6.45) is 0.585. The molecule has 6 nitrogen and oxygen atoms in total. The number of carbonyl (C=O) groups is 1. The number of ether oxygens (including phenoxy) is 1. The zero-order chi connectivity index (χ0) is 16.3. The minimum absolute atomic E-state index is 0.0808. The topological polar surface area (TPSA) is 92.7 Å². The molecule has 2 unspecified atom stereocenters. The fourth-order valence-corrected chi connectivity index (χ4v) is 4.64. The molecule has 0 aromatic rings. The maximum Gasteiger partial charge on any atom is 0.407 e. The Kier molecular flexibility index (Phi) is 5.66. The number of aliphatic hydroxyl groups excluding tert-OH is 1. The van der Waals surface area contributed by atoms with Crippen LogP contribution in [0.2, 0.25) is 0 Å². The third kappa shape index (κ3) is 5.14. The van der Waals surface area contributed by atoms with Crippen LogP contribution in [0.3, 0.4) is 0 Å². The van der Waals surface area contributed by atoms with Gasteiger partial charge in [0.2, 0.25) is 0 Å². The number of hydrogen-bond donors (Lipinski definition) is 2. The summed E-state index contributed by atoms with van der Waals surface area (Å²) in [7, 11) is -3.02. The van der Waals surface area contributed by atoms with E-state index in [1.807, 2.05) is 6.92 Å². The van der Waals surface area contributed by atoms with E-state index in [1.165, 1.54) is 0 Å². The summed E-state index contributed by atoms with van der Waals surface area (Å²) in [4.78, 5) is 11.7. The number of nitrogens with one attached hydrogen (secondary N) is 1. The molecule has 0 aromatic heterocycles. The van der Waals surface area contributed by atoms with E-state index in [2.05, 4.69) is 5.32 Å². The Balaban J connectivity index is 2.71. The Morgan fingerprint density at radius 1 is 1.38 bits per heavy atom. The van der Waals surface area contributed by atoms with Crippen LogP contribution in [-0.2, 0) is 14.6 Å². The highest BCUT2D eigenvalue weighted by Gasteiger charge is 2.43. The molecule has 0 bridgehead atoms. The molecule has 0 radical (unpaired) electrons. The average molecular weight is 321 g/mol. The predicted molar refractivity (Wildman–Crippen MR) is 80.8 cm³/mol. The Hall–Kier alpha value is -0.820. The summed E-state index contributed by atoms with van der Waals surface area (Å²) in [5, 5.41) is 12.4. The van der Waals surface area contributed by atoms with Gasteiger partial charge in [-0.1, -0.05) is 6.92 Å². The smallest absolute Gasteiger partial charge is 0.407 e. The van der Waals surface area contributed by atoms with Crippen LogP contribution in [0.4, 0.5) is 4.79 Å². The Labute approximate surface area is 127 Å². The number of hydrogen-bond acceptors (Lipinski definition) is 5. The van der Waals surface area contributed by atoms with Crippen LogP contribution in [0.1, 0.15) is 40.5 Å². The largest absolute Gasteiger partial charge is 0.444 e. The lowest BCUT2D eigenvalue weighted by molar-refractivity contribution is 0.0368. The molecule has 1 amide bonds. The SMILES string of the molecule is CCC(CO)(CNC(=O)OC(C)(C)C)C1CCS(=O)(=O)C1. The van der Waals surface area contributed by atoms with Crippen LogP contribution in [0.15, 0.2) is 0 Å². The van der Waals surface area contributed by atoms with E-state index in [4.69, 9.17) is 4.74 Å². The maximum atomic E-state index is 11.7. The van der Waals surface area contributed by atoms with Crippen molar-refractivity contribution in [1.29, 1.82) is 0 Å². The molecule has 0 aliphatic carbocycles. The zero-order valence-corrected chi connectivity index (χ0v) is 14.1. The number of amides is 1. The molecule has 2 atom stereocenters. The van der Waals surface area contributed by atoms with E-state index in [0.29, 0.717) is 12.8 Å². The Morgan fingerprint density at radius 3 is 2.38 bits per heavy atom. The normalized spacial score (nSPS) is 24.3. The fraction of sp³-hybridized carbons (Fsp3) is 0.929. The first-order valence-electron chi connectivity index (χ1n) is 7.32. The molecule has 1 rings (SSSR count). The van der Waals surface area contributed by atoms with E-state index in [9.17, 15) is 18.3 Å². The van der Waals surface area contributed by atoms with Gasteiger partial charge in [-0.2, -0.15) is 0 Å². The first-order chi connectivity index (χ1) is 9.53. The molecule has 7 heteroatoms. The molecule has 0 aromatic carbocycles. The van der Waals surface area contributed by atoms with Gasteiger partial charge >= 0.3 is 6.09 Å². The van der Waals surface area contributed by atoms with Gasteiger partial charge < -0.3 is 15.2 Å². The standard InChI is InChI=1S/C14H27NO5S/c1-5-14(10-16,11-6-7-21(18,19)8-11)9-15-12(17)20-13(2,3)4/h11,16H,5-10H2,1-4H3,(H,15,17). The maximum absolute atomic E-state index is 11.7. The van der Waals surface area contributed by atoms with Crippen molar-refractivity contribution in [3.63, 3.8) is 0 Å². The lowest BCUT2D eigenvalue weighted by Gasteiger charge is -2.36. The highest BCUT2D eigenvalue weighted by Crippen LogP contribution is 2.38. The van der Waals surface area contributed by atoms with Gasteiger partial charge in [-0.05, 0) is 39.5 Å². The van der Waals surface area contributed by atoms with Gasteiger partial charge in [0.05, 0.1) is 18.1 Å². The van der Waals surface area contributed by atoms with Crippen LogP contribution >= 0.6 is 0 Å². The van der Waals surface area contributed by atoms with Gasteiger partial charge in [-0.15, -0.1) is 0 Å². The summed E-state index contributed by atoms with van der Waals surface area (Å²) in [6, 6.07) is 0. The minimum Gasteiger partial charge on any atom is -0.444 e. The number of carbonyl (C=O) groups excluding carboxylic acids is 1. The van der Waals surface area contributed by atoms with E-state index in [1.54, 1.807) is 20.8 Å². The minimum atomic E-state index is -3.02. The molecule has 0 spiro atoms. The monoisotopic (exact) mass is 321 g/mol. The third-order valence-electron chi connectivity index (χ3n) is 4.10. The molecule has 21 heavy (non-hydrogen) atoms. The first kappa shape index (κ1) is 18.2. The second-order valence-electron chi connectivity index (χ2n) is 6.83. The van der Waals surface area contributed by atoms with Gasteiger partial charge in [-0.3, -0.25) is 0 Å². The number of alkyl carbamates (subject to hydrolysis) is 1. The molecular formula is C14H27NO5S. The Bertz CT molecular complexity index is 462.